The fourth-order valence-electron chi connectivity index (χ4n) is 3.90. The highest BCUT2D eigenvalue weighted by atomic mass is 16.6. The van der Waals surface area contributed by atoms with Gasteiger partial charge in [0, 0.05) is 49.2 Å². The van der Waals surface area contributed by atoms with Gasteiger partial charge in [0.15, 0.2) is 5.78 Å². The summed E-state index contributed by atoms with van der Waals surface area (Å²) in [5, 5.41) is 7.98. The van der Waals surface area contributed by atoms with Crippen molar-refractivity contribution in [2.75, 3.05) is 32.7 Å². The number of nitrogens with one attached hydrogen (secondary N) is 2. The summed E-state index contributed by atoms with van der Waals surface area (Å²) in [5.74, 6) is 0.0114. The average molecular weight is 496 g/mol. The Morgan fingerprint density at radius 3 is 2.19 bits per heavy atom. The van der Waals surface area contributed by atoms with Crippen LogP contribution in [0.5, 0.6) is 0 Å². The molecule has 0 saturated heterocycles. The normalized spacial score (nSPS) is 13.3. The van der Waals surface area contributed by atoms with E-state index in [2.05, 4.69) is 10.6 Å². The molecule has 0 unspecified atom stereocenters. The zero-order valence-corrected chi connectivity index (χ0v) is 22.1. The Labute approximate surface area is 213 Å². The molecule has 2 amide bonds. The van der Waals surface area contributed by atoms with Gasteiger partial charge in [0.2, 0.25) is 0 Å². The van der Waals surface area contributed by atoms with Gasteiger partial charge in [-0.2, -0.15) is 0 Å². The number of hydrogen-bond donors (Lipinski definition) is 2. The Balaban J connectivity index is 1.57. The Morgan fingerprint density at radius 2 is 1.53 bits per heavy atom. The third-order valence-electron chi connectivity index (χ3n) is 5.38. The van der Waals surface area contributed by atoms with Crippen LogP contribution in [0.4, 0.5) is 9.59 Å². The lowest BCUT2D eigenvalue weighted by atomic mass is 9.88. The fraction of sp³-hybridized carbons (Fsp3) is 0.464. The third kappa shape index (κ3) is 7.55. The van der Waals surface area contributed by atoms with Gasteiger partial charge in [-0.15, -0.1) is 0 Å². The lowest BCUT2D eigenvalue weighted by Crippen LogP contribution is -2.45. The number of carbonyl (C=O) groups excluding carboxylic acids is 3. The second-order valence-corrected chi connectivity index (χ2v) is 10.8. The van der Waals surface area contributed by atoms with Crippen LogP contribution < -0.4 is 10.6 Å². The summed E-state index contributed by atoms with van der Waals surface area (Å²) in [6, 6.07) is 11.8. The predicted molar refractivity (Wildman–Crippen MR) is 141 cm³/mol. The quantitative estimate of drug-likeness (QED) is 0.512. The van der Waals surface area contributed by atoms with Crippen LogP contribution in [0.1, 0.15) is 57.5 Å². The predicted octanol–water partition coefficient (Wildman–Crippen LogP) is 4.77. The van der Waals surface area contributed by atoms with Crippen LogP contribution in [-0.4, -0.2) is 66.8 Å². The van der Waals surface area contributed by atoms with Gasteiger partial charge >= 0.3 is 12.2 Å². The molecule has 0 fully saturated rings. The number of benzene rings is 2. The fourth-order valence-corrected chi connectivity index (χ4v) is 3.90. The first-order valence-corrected chi connectivity index (χ1v) is 12.3. The second kappa shape index (κ2) is 11.1. The van der Waals surface area contributed by atoms with Crippen molar-refractivity contribution in [1.29, 1.82) is 0 Å². The van der Waals surface area contributed by atoms with Gasteiger partial charge in [-0.05, 0) is 58.6 Å². The number of ketones is 1. The van der Waals surface area contributed by atoms with E-state index in [4.69, 9.17) is 9.47 Å². The Kier molecular flexibility index (Phi) is 8.40. The van der Waals surface area contributed by atoms with Crippen molar-refractivity contribution in [1.82, 2.24) is 15.5 Å². The molecule has 0 radical (unpaired) electrons. The molecule has 1 aliphatic rings. The summed E-state index contributed by atoms with van der Waals surface area (Å²) < 4.78 is 10.8. The molecule has 8 nitrogen and oxygen atoms in total. The molecule has 0 spiro atoms. The highest BCUT2D eigenvalue weighted by molar-refractivity contribution is 6.22. The van der Waals surface area contributed by atoms with E-state index in [-0.39, 0.29) is 18.9 Å². The van der Waals surface area contributed by atoms with Gasteiger partial charge in [0.05, 0.1) is 0 Å². The first-order valence-electron chi connectivity index (χ1n) is 12.3. The lowest BCUT2D eigenvalue weighted by molar-refractivity contribution is 0.0242. The van der Waals surface area contributed by atoms with E-state index in [0.717, 1.165) is 16.3 Å². The molecule has 8 heteroatoms. The number of carbonyl (C=O) groups is 3. The first kappa shape index (κ1) is 27.2. The van der Waals surface area contributed by atoms with Crippen LogP contribution in [0.2, 0.25) is 0 Å². The summed E-state index contributed by atoms with van der Waals surface area (Å²) in [7, 11) is 0. The molecule has 0 aliphatic heterocycles. The highest BCUT2D eigenvalue weighted by Gasteiger charge is 2.24. The van der Waals surface area contributed by atoms with Crippen molar-refractivity contribution < 1.29 is 23.9 Å². The van der Waals surface area contributed by atoms with Crippen molar-refractivity contribution in [2.24, 2.45) is 0 Å². The molecule has 194 valence electrons. The van der Waals surface area contributed by atoms with Crippen molar-refractivity contribution in [3.8, 4) is 0 Å². The molecule has 1 aliphatic carbocycles. The average Bonchev–Trinajstić information content (AvgIpc) is 2.76. The van der Waals surface area contributed by atoms with Gasteiger partial charge in [-0.3, -0.25) is 4.79 Å². The summed E-state index contributed by atoms with van der Waals surface area (Å²) in [4.78, 5) is 39.2. The summed E-state index contributed by atoms with van der Waals surface area (Å²) in [6.45, 7) is 12.4. The molecular formula is C28H37N3O5. The smallest absolute Gasteiger partial charge is 0.410 e. The maximum absolute atomic E-state index is 13.1. The van der Waals surface area contributed by atoms with Gasteiger partial charge in [-0.1, -0.05) is 36.4 Å². The summed E-state index contributed by atoms with van der Waals surface area (Å²) in [5.41, 5.74) is 1.18. The van der Waals surface area contributed by atoms with Gasteiger partial charge < -0.3 is 25.0 Å². The zero-order valence-electron chi connectivity index (χ0n) is 22.1. The molecule has 0 atom stereocenters. The minimum atomic E-state index is -0.644. The van der Waals surface area contributed by atoms with Gasteiger partial charge in [-0.25, -0.2) is 9.59 Å². The number of ether oxygens (including phenoxy) is 2. The van der Waals surface area contributed by atoms with Gasteiger partial charge in [0.25, 0.3) is 0 Å². The highest BCUT2D eigenvalue weighted by Crippen LogP contribution is 2.30. The van der Waals surface area contributed by atoms with Crippen LogP contribution in [0.15, 0.2) is 42.0 Å². The second-order valence-electron chi connectivity index (χ2n) is 10.8. The molecule has 0 heterocycles. The molecule has 0 saturated carbocycles. The largest absolute Gasteiger partial charge is 0.444 e. The molecular weight excluding hydrogens is 458 g/mol. The molecule has 2 aromatic rings. The number of rotatable bonds is 8. The Hall–Kier alpha value is -3.39. The molecule has 36 heavy (non-hydrogen) atoms. The number of amides is 2. The van der Waals surface area contributed by atoms with E-state index in [1.807, 2.05) is 42.5 Å². The lowest BCUT2D eigenvalue weighted by Gasteiger charge is -2.28. The van der Waals surface area contributed by atoms with Crippen molar-refractivity contribution in [3.63, 3.8) is 0 Å². The van der Waals surface area contributed by atoms with Crippen LogP contribution in [0, 0.1) is 0 Å². The summed E-state index contributed by atoms with van der Waals surface area (Å²) >= 11 is 0. The first-order chi connectivity index (χ1) is 16.8. The van der Waals surface area contributed by atoms with E-state index in [1.165, 1.54) is 4.90 Å². The molecule has 3 rings (SSSR count). The molecule has 0 aromatic heterocycles. The number of nitrogens with zero attached hydrogens (tertiary/aromatic N) is 1. The number of hydrogen-bond acceptors (Lipinski definition) is 6. The van der Waals surface area contributed by atoms with E-state index in [0.29, 0.717) is 30.8 Å². The van der Waals surface area contributed by atoms with Crippen molar-refractivity contribution >= 4 is 34.8 Å². The number of alkyl carbamates (subject to hydrolysis) is 1. The Bertz CT molecular complexity index is 1150. The SMILES string of the molecule is CC(C)(C)OC(=O)NCCN(CCNCC1=Cc2cccc3cccc(c23)C1=O)C(=O)OC(C)(C)C. The monoisotopic (exact) mass is 495 g/mol. The minimum absolute atomic E-state index is 0.0114. The maximum atomic E-state index is 13.1. The van der Waals surface area contributed by atoms with E-state index >= 15 is 0 Å². The molecule has 2 N–H and O–H groups in total. The van der Waals surface area contributed by atoms with E-state index in [1.54, 1.807) is 41.5 Å². The topological polar surface area (TPSA) is 97.0 Å². The van der Waals surface area contributed by atoms with Gasteiger partial charge in [0.1, 0.15) is 11.2 Å². The third-order valence-corrected chi connectivity index (χ3v) is 5.38. The standard InChI is InChI=1S/C28H37N3O5/c1-27(2,3)35-25(33)30-14-16-31(26(34)36-28(4,5)6)15-13-29-18-21-17-20-11-7-9-19-10-8-12-22(23(19)20)24(21)32/h7-12,17,29H,13-16,18H2,1-6H3,(H,30,33). The molecule has 2 aromatic carbocycles. The van der Waals surface area contributed by atoms with Crippen LogP contribution in [0.25, 0.3) is 16.8 Å². The van der Waals surface area contributed by atoms with E-state index in [9.17, 15) is 14.4 Å². The van der Waals surface area contributed by atoms with Crippen molar-refractivity contribution in [2.45, 2.75) is 52.7 Å². The summed E-state index contributed by atoms with van der Waals surface area (Å²) in [6.07, 6.45) is 0.924. The van der Waals surface area contributed by atoms with Crippen molar-refractivity contribution in [3.05, 3.63) is 53.1 Å². The minimum Gasteiger partial charge on any atom is -0.444 e. The zero-order chi connectivity index (χ0) is 26.5. The van der Waals surface area contributed by atoms with Crippen LogP contribution in [-0.2, 0) is 9.47 Å². The van der Waals surface area contributed by atoms with E-state index < -0.39 is 23.4 Å². The number of Topliss-reactive ketones (excluding diaryl/α,β-unsaturated/α-hetero) is 1. The molecule has 0 bridgehead atoms. The maximum Gasteiger partial charge on any atom is 0.410 e. The Morgan fingerprint density at radius 1 is 0.889 bits per heavy atom. The van der Waals surface area contributed by atoms with Crippen LogP contribution >= 0.6 is 0 Å². The van der Waals surface area contributed by atoms with Crippen LogP contribution in [0.3, 0.4) is 0 Å².